The lowest BCUT2D eigenvalue weighted by Gasteiger charge is -2.17. The molecule has 7 nitrogen and oxygen atoms in total. The Labute approximate surface area is 124 Å². The molecule has 1 aromatic rings. The largest absolute Gasteiger partial charge is 0.320 e. The zero-order chi connectivity index (χ0) is 16.6. The Morgan fingerprint density at radius 3 is 2.29 bits per heavy atom. The Morgan fingerprint density at radius 1 is 1.38 bits per heavy atom. The van der Waals surface area contributed by atoms with Crippen LogP contribution in [0.1, 0.15) is 20.8 Å². The molecule has 1 amide bonds. The van der Waals surface area contributed by atoms with E-state index in [1.807, 2.05) is 0 Å². The predicted molar refractivity (Wildman–Crippen MR) is 74.2 cm³/mol. The van der Waals surface area contributed by atoms with Crippen LogP contribution in [0.3, 0.4) is 0 Å². The lowest BCUT2D eigenvalue weighted by atomic mass is 9.95. The number of nitrogens with zero attached hydrogens (tertiary/aromatic N) is 1. The van der Waals surface area contributed by atoms with Crippen molar-refractivity contribution in [2.45, 2.75) is 25.7 Å². The summed E-state index contributed by atoms with van der Waals surface area (Å²) in [6.45, 7) is 4.67. The summed E-state index contributed by atoms with van der Waals surface area (Å²) in [5.41, 5.74) is -2.09. The van der Waals surface area contributed by atoms with Crippen molar-refractivity contribution in [3.05, 3.63) is 28.1 Å². The number of amides is 1. The van der Waals surface area contributed by atoms with E-state index in [0.717, 1.165) is 0 Å². The molecule has 21 heavy (non-hydrogen) atoms. The van der Waals surface area contributed by atoms with Gasteiger partial charge in [-0.2, -0.15) is 0 Å². The van der Waals surface area contributed by atoms with Crippen molar-refractivity contribution >= 4 is 37.0 Å². The number of carbonyl (C=O) groups excluding carboxylic acids is 1. The summed E-state index contributed by atoms with van der Waals surface area (Å²) in [6, 6.07) is 1.02. The number of nitrogens with one attached hydrogen (secondary N) is 1. The predicted octanol–water partition coefficient (Wildman–Crippen LogP) is 2.65. The molecule has 0 fully saturated rings. The standard InChI is InChI=1S/C11H12ClFN2O5S/c1-11(2,3)10(16)14-7-4-6(13)9(21(12,19)20)5-8(7)15(17)18/h4-5H,1-3H3,(H,14,16). The number of hydrogen-bond acceptors (Lipinski definition) is 5. The van der Waals surface area contributed by atoms with E-state index in [2.05, 4.69) is 5.32 Å². The molecule has 0 aliphatic rings. The third-order valence-electron chi connectivity index (χ3n) is 2.44. The molecule has 0 radical (unpaired) electrons. The average Bonchev–Trinajstić information content (AvgIpc) is 2.25. The van der Waals surface area contributed by atoms with E-state index in [-0.39, 0.29) is 0 Å². The fourth-order valence-corrected chi connectivity index (χ4v) is 2.19. The molecule has 0 bridgehead atoms. The van der Waals surface area contributed by atoms with Gasteiger partial charge in [0.15, 0.2) is 0 Å². The Bertz CT molecular complexity index is 712. The van der Waals surface area contributed by atoms with Crippen LogP contribution in [0.15, 0.2) is 17.0 Å². The molecule has 10 heteroatoms. The van der Waals surface area contributed by atoms with Crippen molar-refractivity contribution < 1.29 is 22.5 Å². The van der Waals surface area contributed by atoms with E-state index in [0.29, 0.717) is 12.1 Å². The third kappa shape index (κ3) is 4.11. The van der Waals surface area contributed by atoms with Crippen LogP contribution in [0.5, 0.6) is 0 Å². The first-order valence-electron chi connectivity index (χ1n) is 5.58. The summed E-state index contributed by atoms with van der Waals surface area (Å²) in [6.07, 6.45) is 0. The smallest absolute Gasteiger partial charge is 0.294 e. The number of halogens is 2. The van der Waals surface area contributed by atoms with Crippen molar-refractivity contribution in [3.8, 4) is 0 Å². The maximum Gasteiger partial charge on any atom is 0.294 e. The highest BCUT2D eigenvalue weighted by Gasteiger charge is 2.28. The highest BCUT2D eigenvalue weighted by Crippen LogP contribution is 2.32. The summed E-state index contributed by atoms with van der Waals surface area (Å²) in [5, 5.41) is 13.1. The molecule has 0 saturated carbocycles. The monoisotopic (exact) mass is 338 g/mol. The highest BCUT2D eigenvalue weighted by molar-refractivity contribution is 8.13. The molecular weight excluding hydrogens is 327 g/mol. The zero-order valence-corrected chi connectivity index (χ0v) is 12.9. The number of nitro benzene ring substituents is 1. The molecule has 0 heterocycles. The summed E-state index contributed by atoms with van der Waals surface area (Å²) in [7, 11) is 0.510. The second-order valence-electron chi connectivity index (χ2n) is 5.20. The third-order valence-corrected chi connectivity index (χ3v) is 3.78. The van der Waals surface area contributed by atoms with Gasteiger partial charge < -0.3 is 5.32 Å². The van der Waals surface area contributed by atoms with Crippen LogP contribution in [-0.2, 0) is 13.8 Å². The van der Waals surface area contributed by atoms with Crippen molar-refractivity contribution in [2.75, 3.05) is 5.32 Å². The second-order valence-corrected chi connectivity index (χ2v) is 7.73. The molecule has 0 aromatic heterocycles. The van der Waals surface area contributed by atoms with E-state index in [1.165, 1.54) is 0 Å². The summed E-state index contributed by atoms with van der Waals surface area (Å²) in [4.78, 5) is 20.8. The van der Waals surface area contributed by atoms with Gasteiger partial charge in [0.25, 0.3) is 14.7 Å². The Hall–Kier alpha value is -1.74. The van der Waals surface area contributed by atoms with Gasteiger partial charge >= 0.3 is 0 Å². The Balaban J connectivity index is 3.44. The minimum atomic E-state index is -4.48. The molecule has 116 valence electrons. The van der Waals surface area contributed by atoms with Gasteiger partial charge in [-0.3, -0.25) is 14.9 Å². The number of hydrogen-bond donors (Lipinski definition) is 1. The first-order chi connectivity index (χ1) is 9.34. The number of nitro groups is 1. The lowest BCUT2D eigenvalue weighted by Crippen LogP contribution is -2.28. The van der Waals surface area contributed by atoms with Crippen molar-refractivity contribution in [1.82, 2.24) is 0 Å². The molecule has 1 N–H and O–H groups in total. The molecule has 0 spiro atoms. The lowest BCUT2D eigenvalue weighted by molar-refractivity contribution is -0.384. The number of rotatable bonds is 3. The number of anilines is 1. The SMILES string of the molecule is CC(C)(C)C(=O)Nc1cc(F)c(S(=O)(=O)Cl)cc1[N+](=O)[O-]. The van der Waals surface area contributed by atoms with Crippen LogP contribution in [0.25, 0.3) is 0 Å². The molecule has 0 unspecified atom stereocenters. The number of carbonyl (C=O) groups is 1. The van der Waals surface area contributed by atoms with Crippen LogP contribution in [-0.4, -0.2) is 19.2 Å². The minimum absolute atomic E-state index is 0.443. The van der Waals surface area contributed by atoms with Crippen molar-refractivity contribution in [2.24, 2.45) is 5.41 Å². The van der Waals surface area contributed by atoms with Gasteiger partial charge in [0.2, 0.25) is 5.91 Å². The van der Waals surface area contributed by atoms with Gasteiger partial charge in [0.1, 0.15) is 16.4 Å². The van der Waals surface area contributed by atoms with Crippen LogP contribution in [0.2, 0.25) is 0 Å². The van der Waals surface area contributed by atoms with E-state index in [1.54, 1.807) is 20.8 Å². The second kappa shape index (κ2) is 5.57. The van der Waals surface area contributed by atoms with Crippen molar-refractivity contribution in [1.29, 1.82) is 0 Å². The van der Waals surface area contributed by atoms with Gasteiger partial charge in [0.05, 0.1) is 4.92 Å². The molecule has 1 aromatic carbocycles. The average molecular weight is 339 g/mol. The fourth-order valence-electron chi connectivity index (χ4n) is 1.29. The zero-order valence-electron chi connectivity index (χ0n) is 11.3. The van der Waals surface area contributed by atoms with Gasteiger partial charge in [-0.15, -0.1) is 0 Å². The molecule has 0 aliphatic carbocycles. The van der Waals surface area contributed by atoms with Gasteiger partial charge in [-0.1, -0.05) is 20.8 Å². The summed E-state index contributed by atoms with van der Waals surface area (Å²) < 4.78 is 36.0. The van der Waals surface area contributed by atoms with Crippen LogP contribution in [0.4, 0.5) is 15.8 Å². The molecular formula is C11H12ClFN2O5S. The molecule has 0 aliphatic heterocycles. The number of benzene rings is 1. The van der Waals surface area contributed by atoms with Crippen LogP contribution >= 0.6 is 10.7 Å². The van der Waals surface area contributed by atoms with E-state index < -0.39 is 47.4 Å². The first-order valence-corrected chi connectivity index (χ1v) is 7.89. The summed E-state index contributed by atoms with van der Waals surface area (Å²) in [5.74, 6) is -1.88. The molecule has 0 atom stereocenters. The molecule has 1 rings (SSSR count). The Morgan fingerprint density at radius 2 is 1.90 bits per heavy atom. The maximum absolute atomic E-state index is 13.7. The van der Waals surface area contributed by atoms with Gasteiger partial charge in [0, 0.05) is 28.2 Å². The molecule has 0 saturated heterocycles. The van der Waals surface area contributed by atoms with E-state index in [4.69, 9.17) is 10.7 Å². The first kappa shape index (κ1) is 17.3. The quantitative estimate of drug-likeness (QED) is 0.518. The van der Waals surface area contributed by atoms with Crippen molar-refractivity contribution in [3.63, 3.8) is 0 Å². The normalized spacial score (nSPS) is 12.0. The fraction of sp³-hybridized carbons (Fsp3) is 0.364. The Kier molecular flexibility index (Phi) is 4.59. The van der Waals surface area contributed by atoms with Gasteiger partial charge in [-0.25, -0.2) is 12.8 Å². The summed E-state index contributed by atoms with van der Waals surface area (Å²) >= 11 is 0. The minimum Gasteiger partial charge on any atom is -0.320 e. The van der Waals surface area contributed by atoms with E-state index >= 15 is 0 Å². The highest BCUT2D eigenvalue weighted by atomic mass is 35.7. The van der Waals surface area contributed by atoms with Crippen LogP contribution < -0.4 is 5.32 Å². The maximum atomic E-state index is 13.7. The van der Waals surface area contributed by atoms with Crippen LogP contribution in [0, 0.1) is 21.3 Å². The van der Waals surface area contributed by atoms with E-state index in [9.17, 15) is 27.7 Å². The van der Waals surface area contributed by atoms with Gasteiger partial charge in [-0.05, 0) is 0 Å². The topological polar surface area (TPSA) is 106 Å².